The third-order valence-corrected chi connectivity index (χ3v) is 3.50. The second-order valence-corrected chi connectivity index (χ2v) is 6.29. The van der Waals surface area contributed by atoms with Crippen LogP contribution in [0.25, 0.3) is 0 Å². The van der Waals surface area contributed by atoms with E-state index in [-0.39, 0.29) is 23.8 Å². The van der Waals surface area contributed by atoms with Gasteiger partial charge in [0.15, 0.2) is 0 Å². The molecular weight excluding hydrogens is 234 g/mol. The van der Waals surface area contributed by atoms with Gasteiger partial charge in [-0.05, 0) is 27.7 Å². The van der Waals surface area contributed by atoms with Crippen LogP contribution in [0.2, 0.25) is 0 Å². The van der Waals surface area contributed by atoms with E-state index < -0.39 is 5.60 Å². The van der Waals surface area contributed by atoms with Gasteiger partial charge < -0.3 is 14.3 Å². The van der Waals surface area contributed by atoms with E-state index in [2.05, 4.69) is 0 Å². The minimum atomic E-state index is -0.526. The first-order valence-corrected chi connectivity index (χ1v) is 6.35. The molecule has 0 spiro atoms. The number of carbonyl (C=O) groups is 2. The summed E-state index contributed by atoms with van der Waals surface area (Å²) in [5.74, 6) is 0. The zero-order valence-corrected chi connectivity index (χ0v) is 11.4. The van der Waals surface area contributed by atoms with E-state index in [1.54, 1.807) is 4.90 Å². The smallest absolute Gasteiger partial charge is 0.411 e. The fourth-order valence-electron chi connectivity index (χ4n) is 2.48. The normalized spacial score (nSPS) is 34.8. The summed E-state index contributed by atoms with van der Waals surface area (Å²) in [6, 6.07) is -0.207. The van der Waals surface area contributed by atoms with E-state index in [1.807, 2.05) is 27.7 Å². The summed E-state index contributed by atoms with van der Waals surface area (Å²) in [5.41, 5.74) is -0.823. The van der Waals surface area contributed by atoms with E-state index in [1.165, 1.54) is 0 Å². The largest absolute Gasteiger partial charge is 0.444 e. The molecular formula is C13H21NO4. The zero-order chi connectivity index (χ0) is 13.6. The van der Waals surface area contributed by atoms with Crippen molar-refractivity contribution < 1.29 is 19.1 Å². The van der Waals surface area contributed by atoms with Crippen LogP contribution in [0.15, 0.2) is 0 Å². The molecule has 1 aliphatic heterocycles. The van der Waals surface area contributed by atoms with Crippen LogP contribution in [0.1, 0.15) is 40.5 Å². The minimum Gasteiger partial charge on any atom is -0.444 e. The molecule has 1 saturated carbocycles. The maximum absolute atomic E-state index is 12.3. The highest BCUT2D eigenvalue weighted by atomic mass is 16.6. The molecule has 2 unspecified atom stereocenters. The first-order chi connectivity index (χ1) is 8.28. The predicted molar refractivity (Wildman–Crippen MR) is 65.3 cm³/mol. The van der Waals surface area contributed by atoms with Crippen molar-refractivity contribution in [3.63, 3.8) is 0 Å². The van der Waals surface area contributed by atoms with Crippen LogP contribution in [0.4, 0.5) is 4.79 Å². The molecule has 0 aromatic rings. The van der Waals surface area contributed by atoms with Crippen molar-refractivity contribution in [3.8, 4) is 0 Å². The van der Waals surface area contributed by atoms with Gasteiger partial charge in [-0.15, -0.1) is 0 Å². The van der Waals surface area contributed by atoms with Gasteiger partial charge in [-0.1, -0.05) is 0 Å². The molecule has 5 nitrogen and oxygen atoms in total. The summed E-state index contributed by atoms with van der Waals surface area (Å²) >= 11 is 0. The Balaban J connectivity index is 2.14. The molecule has 2 fully saturated rings. The molecule has 0 bridgehead atoms. The van der Waals surface area contributed by atoms with Crippen molar-refractivity contribution in [3.05, 3.63) is 0 Å². The Hall–Kier alpha value is -1.10. The highest BCUT2D eigenvalue weighted by Crippen LogP contribution is 2.49. The van der Waals surface area contributed by atoms with Gasteiger partial charge in [-0.3, -0.25) is 4.90 Å². The lowest BCUT2D eigenvalue weighted by Gasteiger charge is -2.40. The first-order valence-electron chi connectivity index (χ1n) is 6.35. The number of carbonyl (C=O) groups excluding carboxylic acids is 2. The van der Waals surface area contributed by atoms with E-state index in [0.29, 0.717) is 13.0 Å². The molecule has 1 aliphatic carbocycles. The van der Waals surface area contributed by atoms with Crippen LogP contribution >= 0.6 is 0 Å². The predicted octanol–water partition coefficient (Wildman–Crippen LogP) is 1.74. The minimum absolute atomic E-state index is 0.0907. The average Bonchev–Trinajstić information content (AvgIpc) is 2.86. The molecule has 0 aromatic heterocycles. The number of rotatable bonds is 2. The van der Waals surface area contributed by atoms with Crippen LogP contribution in [-0.4, -0.2) is 47.2 Å². The summed E-state index contributed by atoms with van der Waals surface area (Å²) in [6.45, 7) is 7.92. The lowest BCUT2D eigenvalue weighted by atomic mass is 10.1. The highest BCUT2D eigenvalue weighted by molar-refractivity contribution is 5.71. The molecule has 0 aromatic carbocycles. The molecule has 1 saturated heterocycles. The number of amides is 1. The van der Waals surface area contributed by atoms with E-state index in [9.17, 15) is 9.59 Å². The first kappa shape index (κ1) is 13.3. The van der Waals surface area contributed by atoms with Crippen LogP contribution in [0.3, 0.4) is 0 Å². The van der Waals surface area contributed by atoms with Crippen LogP contribution in [-0.2, 0) is 14.3 Å². The lowest BCUT2D eigenvalue weighted by molar-refractivity contribution is -0.111. The summed E-state index contributed by atoms with van der Waals surface area (Å²) in [6.07, 6.45) is 1.69. The number of ether oxygens (including phenoxy) is 2. The third-order valence-electron chi connectivity index (χ3n) is 3.50. The Morgan fingerprint density at radius 1 is 1.56 bits per heavy atom. The number of aldehydes is 1. The zero-order valence-electron chi connectivity index (χ0n) is 11.4. The van der Waals surface area contributed by atoms with Gasteiger partial charge >= 0.3 is 6.09 Å². The average molecular weight is 255 g/mol. The third kappa shape index (κ3) is 2.36. The van der Waals surface area contributed by atoms with Crippen molar-refractivity contribution in [2.45, 2.75) is 63.8 Å². The molecule has 18 heavy (non-hydrogen) atoms. The Bertz CT molecular complexity index is 362. The Morgan fingerprint density at radius 2 is 2.22 bits per heavy atom. The molecule has 2 aliphatic rings. The van der Waals surface area contributed by atoms with Crippen molar-refractivity contribution in [2.75, 3.05) is 6.61 Å². The second kappa shape index (κ2) is 4.23. The number of nitrogens with zero attached hydrogens (tertiary/aromatic N) is 1. The number of hydrogen-bond acceptors (Lipinski definition) is 4. The van der Waals surface area contributed by atoms with Crippen LogP contribution in [0.5, 0.6) is 0 Å². The Morgan fingerprint density at radius 3 is 2.78 bits per heavy atom. The maximum Gasteiger partial charge on any atom is 0.411 e. The topological polar surface area (TPSA) is 55.8 Å². The SMILES string of the molecule is CC(C)(C)OC(=O)N1[C@@H](CC=O)COC2CC21C. The summed E-state index contributed by atoms with van der Waals surface area (Å²) in [7, 11) is 0. The summed E-state index contributed by atoms with van der Waals surface area (Å²) in [4.78, 5) is 24.7. The maximum atomic E-state index is 12.3. The quantitative estimate of drug-likeness (QED) is 0.705. The lowest BCUT2D eigenvalue weighted by Crippen LogP contribution is -2.56. The van der Waals surface area contributed by atoms with Gasteiger partial charge in [0.05, 0.1) is 24.3 Å². The Labute approximate surface area is 107 Å². The van der Waals surface area contributed by atoms with Crippen molar-refractivity contribution >= 4 is 12.4 Å². The standard InChI is InChI=1S/C13H21NO4/c1-12(2,3)18-11(16)14-9(5-6-15)8-17-10-7-13(10,14)4/h6,9-10H,5,7-8H2,1-4H3/t9-,10?,13?/m0/s1. The molecule has 1 amide bonds. The number of hydrogen-bond donors (Lipinski definition) is 0. The van der Waals surface area contributed by atoms with Gasteiger partial charge in [-0.25, -0.2) is 4.79 Å². The Kier molecular flexibility index (Phi) is 3.13. The van der Waals surface area contributed by atoms with E-state index in [4.69, 9.17) is 9.47 Å². The molecule has 102 valence electrons. The van der Waals surface area contributed by atoms with Gasteiger partial charge in [-0.2, -0.15) is 0 Å². The van der Waals surface area contributed by atoms with Crippen LogP contribution < -0.4 is 0 Å². The van der Waals surface area contributed by atoms with Crippen LogP contribution in [0, 0.1) is 0 Å². The molecule has 2 rings (SSSR count). The summed E-state index contributed by atoms with van der Waals surface area (Å²) < 4.78 is 11.1. The van der Waals surface area contributed by atoms with E-state index in [0.717, 1.165) is 12.7 Å². The molecule has 1 heterocycles. The van der Waals surface area contributed by atoms with Gasteiger partial charge in [0.25, 0.3) is 0 Å². The van der Waals surface area contributed by atoms with E-state index >= 15 is 0 Å². The van der Waals surface area contributed by atoms with Crippen molar-refractivity contribution in [1.29, 1.82) is 0 Å². The number of fused-ring (bicyclic) bond motifs is 1. The van der Waals surface area contributed by atoms with Gasteiger partial charge in [0.2, 0.25) is 0 Å². The monoisotopic (exact) mass is 255 g/mol. The number of morpholine rings is 1. The van der Waals surface area contributed by atoms with Crippen molar-refractivity contribution in [1.82, 2.24) is 4.90 Å². The van der Waals surface area contributed by atoms with Gasteiger partial charge in [0.1, 0.15) is 11.9 Å². The fourth-order valence-corrected chi connectivity index (χ4v) is 2.48. The molecule has 5 heteroatoms. The highest BCUT2D eigenvalue weighted by Gasteiger charge is 2.62. The molecule has 3 atom stereocenters. The molecule has 0 radical (unpaired) electrons. The summed E-state index contributed by atoms with van der Waals surface area (Å²) in [5, 5.41) is 0. The fraction of sp³-hybridized carbons (Fsp3) is 0.846. The van der Waals surface area contributed by atoms with Crippen molar-refractivity contribution in [2.24, 2.45) is 0 Å². The molecule has 0 N–H and O–H groups in total. The second-order valence-electron chi connectivity index (χ2n) is 6.29. The van der Waals surface area contributed by atoms with Gasteiger partial charge in [0, 0.05) is 12.8 Å².